The van der Waals surface area contributed by atoms with Crippen LogP contribution in [0.1, 0.15) is 71.7 Å². The van der Waals surface area contributed by atoms with E-state index >= 15 is 0 Å². The molecular formula is C17H24N4O2. The quantitative estimate of drug-likeness (QED) is 0.944. The van der Waals surface area contributed by atoms with E-state index in [1.54, 1.807) is 0 Å². The van der Waals surface area contributed by atoms with E-state index in [-0.39, 0.29) is 11.8 Å². The van der Waals surface area contributed by atoms with Crippen LogP contribution in [0.3, 0.4) is 0 Å². The lowest BCUT2D eigenvalue weighted by Gasteiger charge is -2.32. The molecule has 1 atom stereocenters. The molecule has 6 heteroatoms. The average molecular weight is 316 g/mol. The summed E-state index contributed by atoms with van der Waals surface area (Å²) < 4.78 is 5.37. The Kier molecular flexibility index (Phi) is 4.24. The Morgan fingerprint density at radius 3 is 2.87 bits per heavy atom. The van der Waals surface area contributed by atoms with Crippen molar-refractivity contribution in [2.45, 2.75) is 52.4 Å². The molecule has 0 bridgehead atoms. The molecule has 0 aromatic carbocycles. The molecule has 3 rings (SSSR count). The number of carbonyl (C=O) groups is 1. The smallest absolute Gasteiger partial charge is 0.259 e. The second-order valence-electron chi connectivity index (χ2n) is 6.73. The third-order valence-electron chi connectivity index (χ3n) is 4.48. The predicted octanol–water partition coefficient (Wildman–Crippen LogP) is 3.16. The van der Waals surface area contributed by atoms with Gasteiger partial charge in [0, 0.05) is 30.6 Å². The minimum absolute atomic E-state index is 0.0319. The standard InChI is InChI=1S/C17H24N4O2/c1-10(2)16-15(12(4)20-23-16)17(22)21-7-5-6-13(9-21)14-8-11(3)18-19-14/h8,10,13H,5-7,9H2,1-4H3,(H,18,19)/t13-/m0/s1. The van der Waals surface area contributed by atoms with Gasteiger partial charge in [0.25, 0.3) is 5.91 Å². The van der Waals surface area contributed by atoms with Crippen LogP contribution in [0.2, 0.25) is 0 Å². The second kappa shape index (κ2) is 6.18. The van der Waals surface area contributed by atoms with Crippen molar-refractivity contribution in [3.8, 4) is 0 Å². The summed E-state index contributed by atoms with van der Waals surface area (Å²) >= 11 is 0. The molecule has 124 valence electrons. The van der Waals surface area contributed by atoms with E-state index in [4.69, 9.17) is 4.52 Å². The number of H-pyrrole nitrogens is 1. The number of hydrogen-bond acceptors (Lipinski definition) is 4. The van der Waals surface area contributed by atoms with E-state index in [0.29, 0.717) is 29.5 Å². The number of nitrogens with one attached hydrogen (secondary N) is 1. The molecule has 1 amide bonds. The number of aryl methyl sites for hydroxylation is 2. The fraction of sp³-hybridized carbons (Fsp3) is 0.588. The van der Waals surface area contributed by atoms with E-state index in [0.717, 1.165) is 30.8 Å². The second-order valence-corrected chi connectivity index (χ2v) is 6.73. The molecule has 0 saturated carbocycles. The van der Waals surface area contributed by atoms with Crippen molar-refractivity contribution in [2.24, 2.45) is 0 Å². The largest absolute Gasteiger partial charge is 0.360 e. The van der Waals surface area contributed by atoms with E-state index in [1.165, 1.54) is 0 Å². The summed E-state index contributed by atoms with van der Waals surface area (Å²) in [7, 11) is 0. The lowest BCUT2D eigenvalue weighted by molar-refractivity contribution is 0.0702. The molecule has 0 radical (unpaired) electrons. The number of nitrogens with zero attached hydrogens (tertiary/aromatic N) is 3. The summed E-state index contributed by atoms with van der Waals surface area (Å²) in [5, 5.41) is 11.4. The van der Waals surface area contributed by atoms with Gasteiger partial charge in [-0.15, -0.1) is 0 Å². The molecule has 2 aromatic rings. The molecule has 3 heterocycles. The third-order valence-corrected chi connectivity index (χ3v) is 4.48. The average Bonchev–Trinajstić information content (AvgIpc) is 3.13. The minimum atomic E-state index is 0.0319. The normalized spacial score (nSPS) is 18.7. The highest BCUT2D eigenvalue weighted by Gasteiger charge is 2.31. The first-order valence-electron chi connectivity index (χ1n) is 8.24. The Morgan fingerprint density at radius 2 is 2.22 bits per heavy atom. The fourth-order valence-electron chi connectivity index (χ4n) is 3.25. The maximum absolute atomic E-state index is 13.0. The van der Waals surface area contributed by atoms with Gasteiger partial charge in [-0.25, -0.2) is 0 Å². The highest BCUT2D eigenvalue weighted by Crippen LogP contribution is 2.29. The third kappa shape index (κ3) is 3.02. The van der Waals surface area contributed by atoms with Crippen LogP contribution in [-0.4, -0.2) is 39.3 Å². The number of aromatic nitrogens is 3. The van der Waals surface area contributed by atoms with Gasteiger partial charge < -0.3 is 9.42 Å². The van der Waals surface area contributed by atoms with E-state index < -0.39 is 0 Å². The van der Waals surface area contributed by atoms with Crippen LogP contribution in [0.5, 0.6) is 0 Å². The molecule has 0 spiro atoms. The Hall–Kier alpha value is -2.11. The van der Waals surface area contributed by atoms with Gasteiger partial charge in [0.15, 0.2) is 5.76 Å². The van der Waals surface area contributed by atoms with Crippen LogP contribution in [0.15, 0.2) is 10.6 Å². The van der Waals surface area contributed by atoms with Crippen molar-refractivity contribution >= 4 is 5.91 Å². The first-order chi connectivity index (χ1) is 11.0. The van der Waals surface area contributed by atoms with Crippen molar-refractivity contribution < 1.29 is 9.32 Å². The molecule has 0 aliphatic carbocycles. The Labute approximate surface area is 136 Å². The lowest BCUT2D eigenvalue weighted by Crippen LogP contribution is -2.39. The van der Waals surface area contributed by atoms with Gasteiger partial charge in [0.1, 0.15) is 5.56 Å². The molecule has 1 saturated heterocycles. The topological polar surface area (TPSA) is 75.0 Å². The number of aromatic amines is 1. The van der Waals surface area contributed by atoms with Gasteiger partial charge in [0.2, 0.25) is 0 Å². The number of carbonyl (C=O) groups excluding carboxylic acids is 1. The van der Waals surface area contributed by atoms with Crippen LogP contribution in [0, 0.1) is 13.8 Å². The van der Waals surface area contributed by atoms with Crippen LogP contribution in [-0.2, 0) is 0 Å². The molecule has 23 heavy (non-hydrogen) atoms. The summed E-state index contributed by atoms with van der Waals surface area (Å²) in [4.78, 5) is 14.9. The van der Waals surface area contributed by atoms with E-state index in [2.05, 4.69) is 21.4 Å². The molecular weight excluding hydrogens is 292 g/mol. The van der Waals surface area contributed by atoms with Gasteiger partial charge in [0.05, 0.1) is 11.4 Å². The number of amides is 1. The van der Waals surface area contributed by atoms with Gasteiger partial charge in [-0.05, 0) is 32.8 Å². The predicted molar refractivity (Wildman–Crippen MR) is 86.5 cm³/mol. The SMILES string of the molecule is Cc1cc([C@H]2CCCN(C(=O)c3c(C)noc3C(C)C)C2)n[nH]1. The van der Waals surface area contributed by atoms with E-state index in [1.807, 2.05) is 32.6 Å². The van der Waals surface area contributed by atoms with Gasteiger partial charge in [-0.3, -0.25) is 9.89 Å². The molecule has 1 N–H and O–H groups in total. The van der Waals surface area contributed by atoms with Crippen molar-refractivity contribution in [1.29, 1.82) is 0 Å². The van der Waals surface area contributed by atoms with Crippen LogP contribution in [0.25, 0.3) is 0 Å². The molecule has 1 aliphatic rings. The summed E-state index contributed by atoms with van der Waals surface area (Å²) in [6.45, 7) is 9.34. The Morgan fingerprint density at radius 1 is 1.43 bits per heavy atom. The van der Waals surface area contributed by atoms with Crippen LogP contribution >= 0.6 is 0 Å². The summed E-state index contributed by atoms with van der Waals surface area (Å²) in [5.74, 6) is 1.15. The highest BCUT2D eigenvalue weighted by molar-refractivity contribution is 5.96. The maximum atomic E-state index is 13.0. The van der Waals surface area contributed by atoms with Crippen LogP contribution < -0.4 is 0 Å². The van der Waals surface area contributed by atoms with Crippen molar-refractivity contribution in [3.63, 3.8) is 0 Å². The zero-order chi connectivity index (χ0) is 16.6. The summed E-state index contributed by atoms with van der Waals surface area (Å²) in [6, 6.07) is 2.07. The lowest BCUT2D eigenvalue weighted by atomic mass is 9.93. The highest BCUT2D eigenvalue weighted by atomic mass is 16.5. The first kappa shape index (κ1) is 15.8. The number of likely N-dealkylation sites (tertiary alicyclic amines) is 1. The molecule has 1 aliphatic heterocycles. The van der Waals surface area contributed by atoms with Crippen molar-refractivity contribution in [2.75, 3.05) is 13.1 Å². The van der Waals surface area contributed by atoms with E-state index in [9.17, 15) is 4.79 Å². The minimum Gasteiger partial charge on any atom is -0.360 e. The van der Waals surface area contributed by atoms with Crippen LogP contribution in [0.4, 0.5) is 0 Å². The Bertz CT molecular complexity index is 701. The summed E-state index contributed by atoms with van der Waals surface area (Å²) in [6.07, 6.45) is 2.05. The first-order valence-corrected chi connectivity index (χ1v) is 8.24. The molecule has 2 aromatic heterocycles. The number of hydrogen-bond donors (Lipinski definition) is 1. The van der Waals surface area contributed by atoms with Gasteiger partial charge >= 0.3 is 0 Å². The zero-order valence-corrected chi connectivity index (χ0v) is 14.2. The van der Waals surface area contributed by atoms with Gasteiger partial charge in [-0.1, -0.05) is 19.0 Å². The summed E-state index contributed by atoms with van der Waals surface area (Å²) in [5.41, 5.74) is 3.42. The molecule has 0 unspecified atom stereocenters. The maximum Gasteiger partial charge on any atom is 0.259 e. The van der Waals surface area contributed by atoms with Crippen molar-refractivity contribution in [1.82, 2.24) is 20.3 Å². The van der Waals surface area contributed by atoms with Crippen molar-refractivity contribution in [3.05, 3.63) is 34.5 Å². The number of piperidine rings is 1. The molecule has 1 fully saturated rings. The number of rotatable bonds is 3. The monoisotopic (exact) mass is 316 g/mol. The molecule has 6 nitrogen and oxygen atoms in total. The Balaban J connectivity index is 1.81. The van der Waals surface area contributed by atoms with Gasteiger partial charge in [-0.2, -0.15) is 5.10 Å². The zero-order valence-electron chi connectivity index (χ0n) is 14.2. The fourth-order valence-corrected chi connectivity index (χ4v) is 3.25.